The topological polar surface area (TPSA) is 29.6 Å². The summed E-state index contributed by atoms with van der Waals surface area (Å²) in [5.74, 6) is 0. The molecule has 0 aliphatic carbocycles. The zero-order valence-corrected chi connectivity index (χ0v) is 14.1. The molecule has 0 N–H and O–H groups in total. The quantitative estimate of drug-likeness (QED) is 0.501. The van der Waals surface area contributed by atoms with Crippen molar-refractivity contribution in [3.8, 4) is 11.3 Å². The molecule has 23 heavy (non-hydrogen) atoms. The van der Waals surface area contributed by atoms with E-state index in [-0.39, 0.29) is 0 Å². The Morgan fingerprint density at radius 3 is 2.48 bits per heavy atom. The molecule has 0 unspecified atom stereocenters. The second-order valence-corrected chi connectivity index (χ2v) is 6.11. The molecule has 0 bridgehead atoms. The van der Waals surface area contributed by atoms with E-state index in [1.807, 2.05) is 30.3 Å². The lowest BCUT2D eigenvalue weighted by molar-refractivity contribution is 0.737. The first-order chi connectivity index (χ1) is 11.3. The number of aromatic nitrogens is 1. The van der Waals surface area contributed by atoms with Gasteiger partial charge in [-0.15, -0.1) is 16.4 Å². The van der Waals surface area contributed by atoms with E-state index in [0.717, 1.165) is 16.9 Å². The van der Waals surface area contributed by atoms with Gasteiger partial charge < -0.3 is 4.57 Å². The van der Waals surface area contributed by atoms with Crippen LogP contribution in [0.25, 0.3) is 11.3 Å². The van der Waals surface area contributed by atoms with Crippen LogP contribution in [-0.4, -0.2) is 10.8 Å². The number of aryl methyl sites for hydroxylation is 1. The van der Waals surface area contributed by atoms with E-state index in [1.165, 1.54) is 16.8 Å². The Kier molecular flexibility index (Phi) is 4.83. The van der Waals surface area contributed by atoms with Gasteiger partial charge in [-0.05, 0) is 25.0 Å². The molecule has 2 aromatic carbocycles. The van der Waals surface area contributed by atoms with Gasteiger partial charge in [0.2, 0.25) is 4.80 Å². The third-order valence-corrected chi connectivity index (χ3v) is 4.46. The van der Waals surface area contributed by atoms with Crippen LogP contribution in [0.2, 0.25) is 0 Å². The lowest BCUT2D eigenvalue weighted by atomic mass is 10.1. The second kappa shape index (κ2) is 7.20. The molecule has 4 heteroatoms. The highest BCUT2D eigenvalue weighted by molar-refractivity contribution is 7.07. The first-order valence-electron chi connectivity index (χ1n) is 7.65. The fraction of sp³-hybridized carbons (Fsp3) is 0.158. The Bertz CT molecular complexity index is 856. The zero-order valence-electron chi connectivity index (χ0n) is 13.3. The van der Waals surface area contributed by atoms with Gasteiger partial charge in [0.05, 0.1) is 11.9 Å². The van der Waals surface area contributed by atoms with E-state index in [2.05, 4.69) is 58.3 Å². The highest BCUT2D eigenvalue weighted by Crippen LogP contribution is 2.20. The Hall–Kier alpha value is -2.46. The van der Waals surface area contributed by atoms with E-state index in [1.54, 1.807) is 17.6 Å². The monoisotopic (exact) mass is 321 g/mol. The molecule has 0 saturated carbocycles. The smallest absolute Gasteiger partial charge is 0.211 e. The van der Waals surface area contributed by atoms with Gasteiger partial charge >= 0.3 is 0 Å². The van der Waals surface area contributed by atoms with Crippen LogP contribution in [0, 0.1) is 6.92 Å². The summed E-state index contributed by atoms with van der Waals surface area (Å²) >= 11 is 1.62. The Labute approximate surface area is 140 Å². The molecular formula is C19H19N3S. The Balaban J connectivity index is 1.93. The number of thiazole rings is 1. The molecule has 1 aromatic heterocycles. The van der Waals surface area contributed by atoms with Crippen molar-refractivity contribution in [1.29, 1.82) is 0 Å². The molecule has 3 nitrogen and oxygen atoms in total. The molecule has 116 valence electrons. The standard InChI is InChI=1S/C19H19N3S/c1-3-22-18(17-11-9-15(2)10-12-17)14-23-19(22)21-20-13-16-7-5-4-6-8-16/h4-14H,3H2,1-2H3/b20-13-,21-19-. The van der Waals surface area contributed by atoms with E-state index in [9.17, 15) is 0 Å². The Morgan fingerprint density at radius 2 is 1.78 bits per heavy atom. The summed E-state index contributed by atoms with van der Waals surface area (Å²) in [4.78, 5) is 0.912. The summed E-state index contributed by atoms with van der Waals surface area (Å²) in [7, 11) is 0. The molecule has 3 aromatic rings. The van der Waals surface area contributed by atoms with Crippen LogP contribution in [0.15, 0.2) is 70.2 Å². The van der Waals surface area contributed by atoms with Gasteiger partial charge in [-0.1, -0.05) is 60.2 Å². The fourth-order valence-corrected chi connectivity index (χ4v) is 3.28. The van der Waals surface area contributed by atoms with Crippen molar-refractivity contribution in [2.75, 3.05) is 0 Å². The average Bonchev–Trinajstić information content (AvgIpc) is 2.99. The minimum absolute atomic E-state index is 0.867. The average molecular weight is 321 g/mol. The number of hydrogen-bond donors (Lipinski definition) is 0. The molecule has 0 spiro atoms. The number of nitrogens with zero attached hydrogens (tertiary/aromatic N) is 3. The first-order valence-corrected chi connectivity index (χ1v) is 8.53. The van der Waals surface area contributed by atoms with Crippen molar-refractivity contribution in [1.82, 2.24) is 4.57 Å². The predicted molar refractivity (Wildman–Crippen MR) is 97.8 cm³/mol. The van der Waals surface area contributed by atoms with Gasteiger partial charge in [-0.25, -0.2) is 0 Å². The highest BCUT2D eigenvalue weighted by Gasteiger charge is 2.06. The van der Waals surface area contributed by atoms with Crippen LogP contribution in [-0.2, 0) is 6.54 Å². The SMILES string of the molecule is CCn1c(-c2ccc(C)cc2)cs/c1=N\N=C/c1ccccc1. The van der Waals surface area contributed by atoms with Crippen molar-refractivity contribution in [2.24, 2.45) is 10.2 Å². The highest BCUT2D eigenvalue weighted by atomic mass is 32.1. The van der Waals surface area contributed by atoms with Crippen LogP contribution in [0.4, 0.5) is 0 Å². The molecule has 0 amide bonds. The van der Waals surface area contributed by atoms with Gasteiger partial charge in [0.1, 0.15) is 0 Å². The van der Waals surface area contributed by atoms with Crippen LogP contribution in [0.5, 0.6) is 0 Å². The van der Waals surface area contributed by atoms with Crippen molar-refractivity contribution in [3.63, 3.8) is 0 Å². The van der Waals surface area contributed by atoms with Crippen LogP contribution < -0.4 is 4.80 Å². The first kappa shape index (κ1) is 15.4. The molecule has 0 saturated heterocycles. The Morgan fingerprint density at radius 1 is 1.04 bits per heavy atom. The molecular weight excluding hydrogens is 302 g/mol. The van der Waals surface area contributed by atoms with Gasteiger partial charge in [0.25, 0.3) is 0 Å². The lowest BCUT2D eigenvalue weighted by Crippen LogP contribution is -2.14. The van der Waals surface area contributed by atoms with Crippen LogP contribution in [0.1, 0.15) is 18.1 Å². The summed E-state index contributed by atoms with van der Waals surface area (Å²) in [6.07, 6.45) is 1.78. The summed E-state index contributed by atoms with van der Waals surface area (Å²) in [6, 6.07) is 18.6. The van der Waals surface area contributed by atoms with Gasteiger partial charge in [0, 0.05) is 11.9 Å². The minimum atomic E-state index is 0.867. The number of hydrogen-bond acceptors (Lipinski definition) is 3. The maximum absolute atomic E-state index is 4.39. The van der Waals surface area contributed by atoms with Crippen molar-refractivity contribution < 1.29 is 0 Å². The summed E-state index contributed by atoms with van der Waals surface area (Å²) in [6.45, 7) is 5.10. The van der Waals surface area contributed by atoms with Crippen molar-refractivity contribution in [3.05, 3.63) is 75.9 Å². The van der Waals surface area contributed by atoms with E-state index in [0.29, 0.717) is 0 Å². The molecule has 1 heterocycles. The summed E-state index contributed by atoms with van der Waals surface area (Å²) < 4.78 is 2.19. The molecule has 0 aliphatic rings. The van der Waals surface area contributed by atoms with Gasteiger partial charge in [0.15, 0.2) is 0 Å². The fourth-order valence-electron chi connectivity index (χ4n) is 2.35. The normalized spacial score (nSPS) is 12.2. The lowest BCUT2D eigenvalue weighted by Gasteiger charge is -2.05. The largest absolute Gasteiger partial charge is 0.315 e. The van der Waals surface area contributed by atoms with E-state index < -0.39 is 0 Å². The van der Waals surface area contributed by atoms with Crippen LogP contribution in [0.3, 0.4) is 0 Å². The third-order valence-electron chi connectivity index (χ3n) is 3.61. The van der Waals surface area contributed by atoms with Gasteiger partial charge in [-0.2, -0.15) is 5.10 Å². The second-order valence-electron chi connectivity index (χ2n) is 5.27. The van der Waals surface area contributed by atoms with Crippen molar-refractivity contribution in [2.45, 2.75) is 20.4 Å². The van der Waals surface area contributed by atoms with Gasteiger partial charge in [-0.3, -0.25) is 0 Å². The number of benzene rings is 2. The molecule has 3 rings (SSSR count). The molecule has 0 atom stereocenters. The van der Waals surface area contributed by atoms with Crippen LogP contribution >= 0.6 is 11.3 Å². The third kappa shape index (κ3) is 3.66. The van der Waals surface area contributed by atoms with Crippen molar-refractivity contribution >= 4 is 17.6 Å². The van der Waals surface area contributed by atoms with E-state index >= 15 is 0 Å². The summed E-state index contributed by atoms with van der Waals surface area (Å²) in [5.41, 5.74) is 4.72. The maximum atomic E-state index is 4.39. The molecule has 0 radical (unpaired) electrons. The minimum Gasteiger partial charge on any atom is -0.315 e. The zero-order chi connectivity index (χ0) is 16.1. The predicted octanol–water partition coefficient (Wildman–Crippen LogP) is 4.48. The molecule has 0 aliphatic heterocycles. The molecule has 0 fully saturated rings. The van der Waals surface area contributed by atoms with E-state index in [4.69, 9.17) is 0 Å². The summed E-state index contributed by atoms with van der Waals surface area (Å²) in [5, 5.41) is 10.8. The number of rotatable bonds is 4. The maximum Gasteiger partial charge on any atom is 0.211 e.